The van der Waals surface area contributed by atoms with Gasteiger partial charge in [-0.2, -0.15) is 0 Å². The normalized spacial score (nSPS) is 12.0. The Morgan fingerprint density at radius 1 is 1.33 bits per heavy atom. The number of carboxylic acids is 1. The molecule has 0 radical (unpaired) electrons. The van der Waals surface area contributed by atoms with E-state index in [1.807, 2.05) is 6.07 Å². The highest BCUT2D eigenvalue weighted by molar-refractivity contribution is 9.10. The predicted molar refractivity (Wildman–Crippen MR) is 72.6 cm³/mol. The Bertz CT molecular complexity index is 449. The van der Waals surface area contributed by atoms with Gasteiger partial charge in [0.05, 0.1) is 0 Å². The van der Waals surface area contributed by atoms with Crippen LogP contribution >= 0.6 is 15.9 Å². The third kappa shape index (κ3) is 4.37. The monoisotopic (exact) mass is 314 g/mol. The van der Waals surface area contributed by atoms with E-state index in [9.17, 15) is 9.59 Å². The lowest BCUT2D eigenvalue weighted by Gasteiger charge is -2.18. The zero-order valence-corrected chi connectivity index (χ0v) is 11.7. The second kappa shape index (κ2) is 6.39. The van der Waals surface area contributed by atoms with E-state index in [1.54, 1.807) is 32.0 Å². The predicted octanol–water partition coefficient (Wildman–Crippen LogP) is 2.68. The van der Waals surface area contributed by atoms with Crippen molar-refractivity contribution in [2.45, 2.75) is 19.9 Å². The molecule has 2 amide bonds. The first-order valence-electron chi connectivity index (χ1n) is 5.46. The lowest BCUT2D eigenvalue weighted by Crippen LogP contribution is -2.46. The summed E-state index contributed by atoms with van der Waals surface area (Å²) in [5.74, 6) is -1.23. The summed E-state index contributed by atoms with van der Waals surface area (Å²) >= 11 is 3.28. The number of rotatable bonds is 4. The second-order valence-electron chi connectivity index (χ2n) is 4.17. The Morgan fingerprint density at radius 3 is 2.50 bits per heavy atom. The summed E-state index contributed by atoms with van der Waals surface area (Å²) in [7, 11) is 0. The van der Waals surface area contributed by atoms with E-state index in [-0.39, 0.29) is 5.92 Å². The molecule has 1 rings (SSSR count). The Balaban J connectivity index is 2.63. The van der Waals surface area contributed by atoms with Gasteiger partial charge in [0.25, 0.3) is 0 Å². The molecule has 6 heteroatoms. The Labute approximate surface area is 114 Å². The van der Waals surface area contributed by atoms with Gasteiger partial charge < -0.3 is 15.7 Å². The highest BCUT2D eigenvalue weighted by Crippen LogP contribution is 2.15. The van der Waals surface area contributed by atoms with Crippen molar-refractivity contribution in [1.82, 2.24) is 5.32 Å². The molecule has 98 valence electrons. The van der Waals surface area contributed by atoms with Gasteiger partial charge in [-0.1, -0.05) is 35.8 Å². The van der Waals surface area contributed by atoms with Crippen molar-refractivity contribution in [2.24, 2.45) is 5.92 Å². The van der Waals surface area contributed by atoms with Crippen LogP contribution in [0.4, 0.5) is 10.5 Å². The summed E-state index contributed by atoms with van der Waals surface area (Å²) in [5.41, 5.74) is 0.592. The number of carboxylic acid groups (broad SMARTS) is 1. The van der Waals surface area contributed by atoms with E-state index in [2.05, 4.69) is 26.6 Å². The van der Waals surface area contributed by atoms with Gasteiger partial charge in [-0.25, -0.2) is 9.59 Å². The fraction of sp³-hybridized carbons (Fsp3) is 0.333. The third-order valence-electron chi connectivity index (χ3n) is 2.30. The number of halogens is 1. The first-order valence-corrected chi connectivity index (χ1v) is 6.25. The van der Waals surface area contributed by atoms with Gasteiger partial charge in [-0.3, -0.25) is 0 Å². The summed E-state index contributed by atoms with van der Waals surface area (Å²) < 4.78 is 0.832. The van der Waals surface area contributed by atoms with E-state index in [4.69, 9.17) is 5.11 Å². The Morgan fingerprint density at radius 2 is 2.00 bits per heavy atom. The average Bonchev–Trinajstić information content (AvgIpc) is 2.25. The lowest BCUT2D eigenvalue weighted by molar-refractivity contribution is -0.140. The number of nitrogens with one attached hydrogen (secondary N) is 2. The molecule has 0 aliphatic heterocycles. The SMILES string of the molecule is CC(C)[C@H](NC(=O)Nc1cccc(Br)c1)C(=O)O. The molecule has 0 heterocycles. The number of aliphatic carboxylic acids is 1. The fourth-order valence-corrected chi connectivity index (χ4v) is 1.79. The fourth-order valence-electron chi connectivity index (χ4n) is 1.39. The highest BCUT2D eigenvalue weighted by atomic mass is 79.9. The van der Waals surface area contributed by atoms with Crippen LogP contribution in [0.3, 0.4) is 0 Å². The number of urea groups is 1. The molecular formula is C12H15BrN2O3. The van der Waals surface area contributed by atoms with Crippen molar-refractivity contribution < 1.29 is 14.7 Å². The molecule has 0 aliphatic carbocycles. The van der Waals surface area contributed by atoms with Crippen LogP contribution in [0, 0.1) is 5.92 Å². The van der Waals surface area contributed by atoms with Crippen LogP contribution in [-0.4, -0.2) is 23.1 Å². The smallest absolute Gasteiger partial charge is 0.326 e. The number of hydrogen-bond donors (Lipinski definition) is 3. The number of amides is 2. The number of anilines is 1. The maximum Gasteiger partial charge on any atom is 0.326 e. The van der Waals surface area contributed by atoms with Gasteiger partial charge in [0.1, 0.15) is 6.04 Å². The van der Waals surface area contributed by atoms with Gasteiger partial charge in [-0.15, -0.1) is 0 Å². The van der Waals surface area contributed by atoms with Crippen LogP contribution in [0.5, 0.6) is 0 Å². The van der Waals surface area contributed by atoms with Crippen molar-refractivity contribution in [3.05, 3.63) is 28.7 Å². The third-order valence-corrected chi connectivity index (χ3v) is 2.80. The standard InChI is InChI=1S/C12H15BrN2O3/c1-7(2)10(11(16)17)15-12(18)14-9-5-3-4-8(13)6-9/h3-7,10H,1-2H3,(H,16,17)(H2,14,15,18)/t10-/m0/s1. The van der Waals surface area contributed by atoms with Crippen molar-refractivity contribution in [2.75, 3.05) is 5.32 Å². The molecule has 1 aromatic rings. The second-order valence-corrected chi connectivity index (χ2v) is 5.08. The summed E-state index contributed by atoms with van der Waals surface area (Å²) in [6.07, 6.45) is 0. The lowest BCUT2D eigenvalue weighted by atomic mass is 10.1. The van der Waals surface area contributed by atoms with Gasteiger partial charge in [0, 0.05) is 10.2 Å². The van der Waals surface area contributed by atoms with Crippen LogP contribution < -0.4 is 10.6 Å². The van der Waals surface area contributed by atoms with Gasteiger partial charge in [0.15, 0.2) is 0 Å². The number of carbonyl (C=O) groups excluding carboxylic acids is 1. The molecule has 0 unspecified atom stereocenters. The van der Waals surface area contributed by atoms with E-state index in [1.165, 1.54) is 0 Å². The topological polar surface area (TPSA) is 78.4 Å². The van der Waals surface area contributed by atoms with Crippen LogP contribution in [0.1, 0.15) is 13.8 Å². The average molecular weight is 315 g/mol. The minimum atomic E-state index is -1.05. The van der Waals surface area contributed by atoms with E-state index >= 15 is 0 Å². The molecule has 0 saturated carbocycles. The largest absolute Gasteiger partial charge is 0.480 e. The molecule has 0 fully saturated rings. The van der Waals surface area contributed by atoms with E-state index in [0.29, 0.717) is 5.69 Å². The Kier molecular flexibility index (Phi) is 5.15. The number of hydrogen-bond acceptors (Lipinski definition) is 2. The van der Waals surface area contributed by atoms with Gasteiger partial charge in [0.2, 0.25) is 0 Å². The van der Waals surface area contributed by atoms with Gasteiger partial charge in [-0.05, 0) is 24.1 Å². The zero-order chi connectivity index (χ0) is 13.7. The van der Waals surface area contributed by atoms with Crippen LogP contribution in [0.25, 0.3) is 0 Å². The molecule has 0 bridgehead atoms. The maximum absolute atomic E-state index is 11.6. The summed E-state index contributed by atoms with van der Waals surface area (Å²) in [6.45, 7) is 3.47. The molecule has 0 saturated heterocycles. The molecule has 0 aliphatic rings. The molecular weight excluding hydrogens is 300 g/mol. The molecule has 1 aromatic carbocycles. The van der Waals surface area contributed by atoms with Crippen LogP contribution in [0.2, 0.25) is 0 Å². The van der Waals surface area contributed by atoms with Crippen molar-refractivity contribution >= 4 is 33.6 Å². The quantitative estimate of drug-likeness (QED) is 0.799. The van der Waals surface area contributed by atoms with Crippen LogP contribution in [-0.2, 0) is 4.79 Å². The summed E-state index contributed by atoms with van der Waals surface area (Å²) in [5, 5.41) is 14.0. The number of benzene rings is 1. The maximum atomic E-state index is 11.6. The highest BCUT2D eigenvalue weighted by Gasteiger charge is 2.23. The summed E-state index contributed by atoms with van der Waals surface area (Å²) in [4.78, 5) is 22.6. The summed E-state index contributed by atoms with van der Waals surface area (Å²) in [6, 6.07) is 5.61. The minimum absolute atomic E-state index is 0.184. The molecule has 0 aromatic heterocycles. The Hall–Kier alpha value is -1.56. The molecule has 1 atom stereocenters. The van der Waals surface area contributed by atoms with Crippen molar-refractivity contribution in [3.63, 3.8) is 0 Å². The van der Waals surface area contributed by atoms with Crippen LogP contribution in [0.15, 0.2) is 28.7 Å². The first-order chi connectivity index (χ1) is 8.40. The van der Waals surface area contributed by atoms with E-state index < -0.39 is 18.0 Å². The molecule has 5 nitrogen and oxygen atoms in total. The number of carbonyl (C=O) groups is 2. The van der Waals surface area contributed by atoms with Crippen molar-refractivity contribution in [1.29, 1.82) is 0 Å². The minimum Gasteiger partial charge on any atom is -0.480 e. The van der Waals surface area contributed by atoms with Crippen molar-refractivity contribution in [3.8, 4) is 0 Å². The molecule has 3 N–H and O–H groups in total. The first kappa shape index (κ1) is 14.5. The van der Waals surface area contributed by atoms with Gasteiger partial charge >= 0.3 is 12.0 Å². The molecule has 0 spiro atoms. The zero-order valence-electron chi connectivity index (χ0n) is 10.1. The van der Waals surface area contributed by atoms with E-state index in [0.717, 1.165) is 4.47 Å². The molecule has 18 heavy (non-hydrogen) atoms.